The molecule has 0 aromatic heterocycles. The Labute approximate surface area is 75.4 Å². The zero-order valence-corrected chi connectivity index (χ0v) is 8.05. The lowest BCUT2D eigenvalue weighted by Gasteiger charge is -2.32. The average molecular weight is 167 g/mol. The molecular formula is C10H19N2+. The summed E-state index contributed by atoms with van der Waals surface area (Å²) in [4.78, 5) is 0. The molecule has 68 valence electrons. The van der Waals surface area contributed by atoms with Crippen molar-refractivity contribution in [2.75, 3.05) is 26.7 Å². The van der Waals surface area contributed by atoms with Crippen LogP contribution in [-0.4, -0.2) is 31.2 Å². The quantitative estimate of drug-likeness (QED) is 0.576. The van der Waals surface area contributed by atoms with E-state index in [-0.39, 0.29) is 0 Å². The first-order valence-electron chi connectivity index (χ1n) is 4.97. The topological polar surface area (TPSA) is 23.8 Å². The van der Waals surface area contributed by atoms with Crippen LogP contribution in [0.2, 0.25) is 0 Å². The number of nitrogens with zero attached hydrogens (tertiary/aromatic N) is 2. The molecule has 0 aromatic carbocycles. The highest BCUT2D eigenvalue weighted by atomic mass is 15.3. The molecule has 0 bridgehead atoms. The standard InChI is InChI=1S/C10H19N2/c1-12(10-6-7-11)8-4-2-3-5-9-12/h2-6,8-10H2,1H3/q+1. The van der Waals surface area contributed by atoms with Crippen molar-refractivity contribution in [1.29, 1.82) is 5.26 Å². The minimum atomic E-state index is 0.719. The largest absolute Gasteiger partial charge is 0.325 e. The van der Waals surface area contributed by atoms with Gasteiger partial charge in [0.15, 0.2) is 0 Å². The summed E-state index contributed by atoms with van der Waals surface area (Å²) < 4.78 is 1.13. The second-order valence-electron chi connectivity index (χ2n) is 4.11. The van der Waals surface area contributed by atoms with Gasteiger partial charge in [-0.25, -0.2) is 0 Å². The Balaban J connectivity index is 2.38. The number of rotatable bonds is 2. The first-order valence-corrected chi connectivity index (χ1v) is 4.97. The van der Waals surface area contributed by atoms with Gasteiger partial charge in [0, 0.05) is 0 Å². The Hall–Kier alpha value is -0.550. The van der Waals surface area contributed by atoms with E-state index >= 15 is 0 Å². The maximum Gasteiger partial charge on any atom is 0.0916 e. The molecule has 0 aliphatic carbocycles. The molecule has 0 spiro atoms. The van der Waals surface area contributed by atoms with Gasteiger partial charge in [0.1, 0.15) is 0 Å². The van der Waals surface area contributed by atoms with Gasteiger partial charge >= 0.3 is 0 Å². The second-order valence-corrected chi connectivity index (χ2v) is 4.11. The first-order chi connectivity index (χ1) is 5.77. The fraction of sp³-hybridized carbons (Fsp3) is 0.900. The van der Waals surface area contributed by atoms with E-state index in [2.05, 4.69) is 13.1 Å². The van der Waals surface area contributed by atoms with E-state index in [0.29, 0.717) is 0 Å². The van der Waals surface area contributed by atoms with Gasteiger partial charge < -0.3 is 4.48 Å². The summed E-state index contributed by atoms with van der Waals surface area (Å²) in [5.74, 6) is 0. The van der Waals surface area contributed by atoms with Crippen LogP contribution in [0, 0.1) is 11.3 Å². The van der Waals surface area contributed by atoms with Gasteiger partial charge in [-0.1, -0.05) is 0 Å². The average Bonchev–Trinajstić information content (AvgIpc) is 2.27. The highest BCUT2D eigenvalue weighted by Crippen LogP contribution is 2.16. The van der Waals surface area contributed by atoms with Crippen LogP contribution in [0.1, 0.15) is 32.1 Å². The summed E-state index contributed by atoms with van der Waals surface area (Å²) in [5, 5.41) is 8.52. The van der Waals surface area contributed by atoms with Gasteiger partial charge in [-0.3, -0.25) is 0 Å². The van der Waals surface area contributed by atoms with Crippen molar-refractivity contribution >= 4 is 0 Å². The zero-order chi connectivity index (χ0) is 8.86. The van der Waals surface area contributed by atoms with Crippen LogP contribution in [0.25, 0.3) is 0 Å². The van der Waals surface area contributed by atoms with E-state index < -0.39 is 0 Å². The molecule has 1 rings (SSSR count). The monoisotopic (exact) mass is 167 g/mol. The molecule has 0 radical (unpaired) electrons. The van der Waals surface area contributed by atoms with Gasteiger partial charge in [0.25, 0.3) is 0 Å². The molecule has 1 aliphatic rings. The lowest BCUT2D eigenvalue weighted by atomic mass is 10.2. The molecule has 1 fully saturated rings. The third-order valence-electron chi connectivity index (χ3n) is 2.91. The van der Waals surface area contributed by atoms with E-state index in [1.54, 1.807) is 0 Å². The Kier molecular flexibility index (Phi) is 3.55. The molecule has 0 aromatic rings. The second kappa shape index (κ2) is 4.47. The van der Waals surface area contributed by atoms with Crippen LogP contribution >= 0.6 is 0 Å². The van der Waals surface area contributed by atoms with Crippen molar-refractivity contribution in [2.45, 2.75) is 32.1 Å². The predicted molar refractivity (Wildman–Crippen MR) is 49.5 cm³/mol. The Bertz CT molecular complexity index is 161. The number of quaternary nitrogens is 1. The van der Waals surface area contributed by atoms with Gasteiger partial charge in [-0.15, -0.1) is 0 Å². The van der Waals surface area contributed by atoms with Crippen molar-refractivity contribution in [3.05, 3.63) is 0 Å². The maximum atomic E-state index is 8.52. The lowest BCUT2D eigenvalue weighted by molar-refractivity contribution is -0.908. The summed E-state index contributed by atoms with van der Waals surface area (Å²) in [6, 6.07) is 2.24. The van der Waals surface area contributed by atoms with Crippen LogP contribution in [0.5, 0.6) is 0 Å². The number of hydrogen-bond acceptors (Lipinski definition) is 1. The molecule has 0 atom stereocenters. The van der Waals surface area contributed by atoms with Crippen LogP contribution in [0.3, 0.4) is 0 Å². The van der Waals surface area contributed by atoms with E-state index in [9.17, 15) is 0 Å². The summed E-state index contributed by atoms with van der Waals surface area (Å²) in [7, 11) is 2.29. The van der Waals surface area contributed by atoms with Gasteiger partial charge in [0.05, 0.1) is 39.2 Å². The number of likely N-dealkylation sites (tertiary alicyclic amines) is 1. The molecule has 0 amide bonds. The van der Waals surface area contributed by atoms with Gasteiger partial charge in [-0.2, -0.15) is 5.26 Å². The van der Waals surface area contributed by atoms with E-state index in [1.165, 1.54) is 38.8 Å². The molecule has 0 unspecified atom stereocenters. The van der Waals surface area contributed by atoms with Crippen LogP contribution < -0.4 is 0 Å². The Morgan fingerprint density at radius 1 is 1.17 bits per heavy atom. The minimum Gasteiger partial charge on any atom is -0.325 e. The first kappa shape index (κ1) is 9.54. The highest BCUT2D eigenvalue weighted by molar-refractivity contribution is 4.68. The number of nitriles is 1. The van der Waals surface area contributed by atoms with Crippen molar-refractivity contribution < 1.29 is 4.48 Å². The minimum absolute atomic E-state index is 0.719. The third kappa shape index (κ3) is 2.83. The fourth-order valence-corrected chi connectivity index (χ4v) is 2.00. The smallest absolute Gasteiger partial charge is 0.0916 e. The van der Waals surface area contributed by atoms with E-state index in [0.717, 1.165) is 17.4 Å². The van der Waals surface area contributed by atoms with Crippen molar-refractivity contribution in [3.8, 4) is 6.07 Å². The highest BCUT2D eigenvalue weighted by Gasteiger charge is 2.22. The molecule has 2 nitrogen and oxygen atoms in total. The van der Waals surface area contributed by atoms with Crippen LogP contribution in [0.4, 0.5) is 0 Å². The predicted octanol–water partition coefficient (Wildman–Crippen LogP) is 1.92. The third-order valence-corrected chi connectivity index (χ3v) is 2.91. The van der Waals surface area contributed by atoms with Gasteiger partial charge in [0.2, 0.25) is 0 Å². The molecule has 1 aliphatic heterocycles. The summed E-state index contributed by atoms with van der Waals surface area (Å²) >= 11 is 0. The van der Waals surface area contributed by atoms with E-state index in [4.69, 9.17) is 5.26 Å². The van der Waals surface area contributed by atoms with Crippen LogP contribution in [-0.2, 0) is 0 Å². The Morgan fingerprint density at radius 2 is 1.75 bits per heavy atom. The van der Waals surface area contributed by atoms with Crippen LogP contribution in [0.15, 0.2) is 0 Å². The molecule has 1 saturated heterocycles. The normalized spacial score (nSPS) is 22.7. The molecule has 1 heterocycles. The molecular weight excluding hydrogens is 148 g/mol. The van der Waals surface area contributed by atoms with E-state index in [1.807, 2.05) is 0 Å². The van der Waals surface area contributed by atoms with Crippen molar-refractivity contribution in [2.24, 2.45) is 0 Å². The summed E-state index contributed by atoms with van der Waals surface area (Å²) in [5.41, 5.74) is 0. The molecule has 2 heteroatoms. The van der Waals surface area contributed by atoms with Crippen molar-refractivity contribution in [1.82, 2.24) is 0 Å². The lowest BCUT2D eigenvalue weighted by Crippen LogP contribution is -2.45. The maximum absolute atomic E-state index is 8.52. The molecule has 0 N–H and O–H groups in total. The van der Waals surface area contributed by atoms with Gasteiger partial charge in [-0.05, 0) is 25.7 Å². The Morgan fingerprint density at radius 3 is 2.25 bits per heavy atom. The van der Waals surface area contributed by atoms with Crippen molar-refractivity contribution in [3.63, 3.8) is 0 Å². The summed E-state index contributed by atoms with van der Waals surface area (Å²) in [6.45, 7) is 3.61. The number of hydrogen-bond donors (Lipinski definition) is 0. The fourth-order valence-electron chi connectivity index (χ4n) is 2.00. The molecule has 12 heavy (non-hydrogen) atoms. The zero-order valence-electron chi connectivity index (χ0n) is 8.05. The summed E-state index contributed by atoms with van der Waals surface area (Å²) in [6.07, 6.45) is 6.20. The molecule has 0 saturated carbocycles. The SMILES string of the molecule is C[N+]1(CCC#N)CCCCCC1.